The summed E-state index contributed by atoms with van der Waals surface area (Å²) in [6, 6.07) is 6.85. The van der Waals surface area contributed by atoms with Crippen LogP contribution >= 0.6 is 0 Å². The van der Waals surface area contributed by atoms with Gasteiger partial charge in [0.05, 0.1) is 11.1 Å². The lowest BCUT2D eigenvalue weighted by Crippen LogP contribution is -2.41. The lowest BCUT2D eigenvalue weighted by molar-refractivity contribution is 0.0642. The molecule has 18 heavy (non-hydrogen) atoms. The quantitative estimate of drug-likeness (QED) is 0.814. The summed E-state index contributed by atoms with van der Waals surface area (Å²) in [5, 5.41) is 0. The zero-order valence-electron chi connectivity index (χ0n) is 10.1. The Morgan fingerprint density at radius 1 is 1.17 bits per heavy atom. The number of hydrogen-bond donors (Lipinski definition) is 1. The van der Waals surface area contributed by atoms with Gasteiger partial charge in [-0.2, -0.15) is 0 Å². The van der Waals surface area contributed by atoms with Crippen molar-refractivity contribution in [3.8, 4) is 0 Å². The fourth-order valence-corrected chi connectivity index (χ4v) is 2.50. The molecule has 1 unspecified atom stereocenters. The van der Waals surface area contributed by atoms with Gasteiger partial charge >= 0.3 is 0 Å². The first-order chi connectivity index (χ1) is 8.66. The van der Waals surface area contributed by atoms with Gasteiger partial charge < -0.3 is 5.73 Å². The van der Waals surface area contributed by atoms with Crippen molar-refractivity contribution in [3.05, 3.63) is 35.4 Å². The SMILES string of the molecule is NC(CC1CC1)CN1C(=O)c2ccccc2C1=O. The second kappa shape index (κ2) is 4.21. The topological polar surface area (TPSA) is 63.4 Å². The van der Waals surface area contributed by atoms with E-state index in [1.54, 1.807) is 24.3 Å². The van der Waals surface area contributed by atoms with Gasteiger partial charge in [-0.1, -0.05) is 25.0 Å². The lowest BCUT2D eigenvalue weighted by atomic mass is 10.1. The molecule has 0 radical (unpaired) electrons. The van der Waals surface area contributed by atoms with Crippen molar-refractivity contribution in [3.63, 3.8) is 0 Å². The molecule has 2 amide bonds. The maximum absolute atomic E-state index is 12.1. The van der Waals surface area contributed by atoms with Gasteiger partial charge in [0.15, 0.2) is 0 Å². The summed E-state index contributed by atoms with van der Waals surface area (Å²) in [5.74, 6) is 0.291. The van der Waals surface area contributed by atoms with Crippen molar-refractivity contribution in [2.45, 2.75) is 25.3 Å². The maximum atomic E-state index is 12.1. The van der Waals surface area contributed by atoms with Crippen LogP contribution in [0.25, 0.3) is 0 Å². The second-order valence-electron chi connectivity index (χ2n) is 5.21. The molecule has 0 aromatic heterocycles. The van der Waals surface area contributed by atoms with Crippen molar-refractivity contribution in [1.29, 1.82) is 0 Å². The number of benzene rings is 1. The third-order valence-electron chi connectivity index (χ3n) is 3.63. The number of nitrogens with two attached hydrogens (primary N) is 1. The first-order valence-electron chi connectivity index (χ1n) is 6.37. The molecule has 1 aromatic carbocycles. The molecule has 1 aliphatic heterocycles. The number of rotatable bonds is 4. The Labute approximate surface area is 106 Å². The Balaban J connectivity index is 1.74. The lowest BCUT2D eigenvalue weighted by Gasteiger charge is -2.18. The van der Waals surface area contributed by atoms with E-state index in [1.807, 2.05) is 0 Å². The third kappa shape index (κ3) is 1.93. The van der Waals surface area contributed by atoms with Crippen LogP contribution in [0.4, 0.5) is 0 Å². The average Bonchev–Trinajstić information content (AvgIpc) is 3.14. The van der Waals surface area contributed by atoms with E-state index < -0.39 is 0 Å². The number of amides is 2. The van der Waals surface area contributed by atoms with Gasteiger partial charge in [-0.3, -0.25) is 14.5 Å². The third-order valence-corrected chi connectivity index (χ3v) is 3.63. The molecule has 3 rings (SSSR count). The molecule has 1 aliphatic carbocycles. The number of fused-ring (bicyclic) bond motifs is 1. The molecule has 1 aromatic rings. The van der Waals surface area contributed by atoms with Crippen LogP contribution < -0.4 is 5.73 Å². The average molecular weight is 244 g/mol. The van der Waals surface area contributed by atoms with Gasteiger partial charge in [0, 0.05) is 12.6 Å². The van der Waals surface area contributed by atoms with Crippen LogP contribution in [0, 0.1) is 5.92 Å². The molecule has 2 aliphatic rings. The molecule has 1 atom stereocenters. The molecule has 0 saturated heterocycles. The van der Waals surface area contributed by atoms with E-state index in [2.05, 4.69) is 0 Å². The van der Waals surface area contributed by atoms with E-state index in [4.69, 9.17) is 5.73 Å². The van der Waals surface area contributed by atoms with Gasteiger partial charge in [0.2, 0.25) is 0 Å². The summed E-state index contributed by atoms with van der Waals surface area (Å²) in [4.78, 5) is 25.5. The zero-order valence-corrected chi connectivity index (χ0v) is 10.1. The molecular weight excluding hydrogens is 228 g/mol. The van der Waals surface area contributed by atoms with E-state index in [0.29, 0.717) is 23.6 Å². The number of carbonyl (C=O) groups excluding carboxylic acids is 2. The van der Waals surface area contributed by atoms with E-state index in [1.165, 1.54) is 17.7 Å². The van der Waals surface area contributed by atoms with Crippen molar-refractivity contribution in [1.82, 2.24) is 4.90 Å². The highest BCUT2D eigenvalue weighted by molar-refractivity contribution is 6.21. The van der Waals surface area contributed by atoms with Crippen LogP contribution in [0.3, 0.4) is 0 Å². The second-order valence-corrected chi connectivity index (χ2v) is 5.21. The van der Waals surface area contributed by atoms with E-state index in [-0.39, 0.29) is 17.9 Å². The summed E-state index contributed by atoms with van der Waals surface area (Å²) in [6.07, 6.45) is 3.37. The van der Waals surface area contributed by atoms with Crippen LogP contribution in [-0.4, -0.2) is 29.3 Å². The first-order valence-corrected chi connectivity index (χ1v) is 6.37. The normalized spacial score (nSPS) is 20.2. The minimum atomic E-state index is -0.207. The summed E-state index contributed by atoms with van der Waals surface area (Å²) < 4.78 is 0. The number of hydrogen-bond acceptors (Lipinski definition) is 3. The molecule has 4 nitrogen and oxygen atoms in total. The largest absolute Gasteiger partial charge is 0.326 e. The molecule has 94 valence electrons. The predicted molar refractivity (Wildman–Crippen MR) is 67.1 cm³/mol. The molecule has 1 heterocycles. The highest BCUT2D eigenvalue weighted by Gasteiger charge is 2.36. The van der Waals surface area contributed by atoms with Crippen LogP contribution in [0.1, 0.15) is 40.0 Å². The first kappa shape index (κ1) is 11.4. The Morgan fingerprint density at radius 2 is 1.72 bits per heavy atom. The number of imide groups is 1. The fraction of sp³-hybridized carbons (Fsp3) is 0.429. The Morgan fingerprint density at radius 3 is 2.22 bits per heavy atom. The Hall–Kier alpha value is -1.68. The van der Waals surface area contributed by atoms with Crippen LogP contribution in [0.5, 0.6) is 0 Å². The van der Waals surface area contributed by atoms with E-state index in [9.17, 15) is 9.59 Å². The summed E-state index contributed by atoms with van der Waals surface area (Å²) in [5.41, 5.74) is 7.01. The van der Waals surface area contributed by atoms with Gasteiger partial charge in [0.25, 0.3) is 11.8 Å². The molecule has 2 N–H and O–H groups in total. The van der Waals surface area contributed by atoms with Gasteiger partial charge in [-0.25, -0.2) is 0 Å². The molecule has 4 heteroatoms. The van der Waals surface area contributed by atoms with Gasteiger partial charge in [-0.15, -0.1) is 0 Å². The van der Waals surface area contributed by atoms with Crippen LogP contribution in [-0.2, 0) is 0 Å². The Kier molecular flexibility index (Phi) is 2.67. The molecule has 0 spiro atoms. The highest BCUT2D eigenvalue weighted by Crippen LogP contribution is 2.33. The predicted octanol–water partition coefficient (Wildman–Crippen LogP) is 1.41. The van der Waals surface area contributed by atoms with Crippen molar-refractivity contribution >= 4 is 11.8 Å². The summed E-state index contributed by atoms with van der Waals surface area (Å²) in [7, 11) is 0. The van der Waals surface area contributed by atoms with Crippen molar-refractivity contribution in [2.75, 3.05) is 6.54 Å². The minimum absolute atomic E-state index is 0.0975. The zero-order chi connectivity index (χ0) is 12.7. The number of nitrogens with zero attached hydrogens (tertiary/aromatic N) is 1. The summed E-state index contributed by atoms with van der Waals surface area (Å²) in [6.45, 7) is 0.336. The molecule has 1 saturated carbocycles. The summed E-state index contributed by atoms with van der Waals surface area (Å²) >= 11 is 0. The van der Waals surface area contributed by atoms with E-state index in [0.717, 1.165) is 6.42 Å². The van der Waals surface area contributed by atoms with Crippen molar-refractivity contribution in [2.24, 2.45) is 11.7 Å². The molecule has 0 bridgehead atoms. The minimum Gasteiger partial charge on any atom is -0.326 e. The van der Waals surface area contributed by atoms with Crippen LogP contribution in [0.15, 0.2) is 24.3 Å². The van der Waals surface area contributed by atoms with E-state index >= 15 is 0 Å². The highest BCUT2D eigenvalue weighted by atomic mass is 16.2. The Bertz CT molecular complexity index is 473. The standard InChI is InChI=1S/C14H16N2O2/c15-10(7-9-5-6-9)8-16-13(17)11-3-1-2-4-12(11)14(16)18/h1-4,9-10H,5-8,15H2. The van der Waals surface area contributed by atoms with Crippen LogP contribution in [0.2, 0.25) is 0 Å². The maximum Gasteiger partial charge on any atom is 0.261 e. The molecular formula is C14H16N2O2. The number of carbonyl (C=O) groups is 2. The smallest absolute Gasteiger partial charge is 0.261 e. The fourth-order valence-electron chi connectivity index (χ4n) is 2.50. The van der Waals surface area contributed by atoms with Gasteiger partial charge in [0.1, 0.15) is 0 Å². The van der Waals surface area contributed by atoms with Gasteiger partial charge in [-0.05, 0) is 24.5 Å². The monoisotopic (exact) mass is 244 g/mol. The molecule has 1 fully saturated rings. The van der Waals surface area contributed by atoms with Crippen molar-refractivity contribution < 1.29 is 9.59 Å².